The van der Waals surface area contributed by atoms with E-state index in [4.69, 9.17) is 0 Å². The van der Waals surface area contributed by atoms with Crippen molar-refractivity contribution >= 4 is 41.1 Å². The monoisotopic (exact) mass is 781 g/mol. The number of Topliss-reactive ketones (excluding diaryl/α,β-unsaturated/α-hetero) is 3. The van der Waals surface area contributed by atoms with Gasteiger partial charge in [-0.15, -0.1) is 6.58 Å². The van der Waals surface area contributed by atoms with Crippen molar-refractivity contribution in [3.63, 3.8) is 0 Å². The molecule has 5 amide bonds. The number of rotatable bonds is 15. The summed E-state index contributed by atoms with van der Waals surface area (Å²) in [6.07, 6.45) is 7.99. The summed E-state index contributed by atoms with van der Waals surface area (Å²) in [6.45, 7) is 22.4. The lowest BCUT2D eigenvalue weighted by molar-refractivity contribution is -0.159. The van der Waals surface area contributed by atoms with Crippen LogP contribution in [0.5, 0.6) is 0 Å². The van der Waals surface area contributed by atoms with E-state index in [-0.39, 0.29) is 41.4 Å². The summed E-state index contributed by atoms with van der Waals surface area (Å²) in [6, 6.07) is -4.34. The molecule has 0 aromatic heterocycles. The Kier molecular flexibility index (Phi) is 12.4. The van der Waals surface area contributed by atoms with E-state index in [9.17, 15) is 33.6 Å². The standard InChI is InChI=1S/C43H68N6O7/c1-12-20-44-37(54)32(50)26(21-24-16-17-24)45-36(53)31-28-25(42(28,8)9)22-49(31)38(55)35(43(10)18-14-13-15-19-43)47-39(56)46-27(40(2,3)4)23-48(11)30-29(41(5,6)7)33(51)34(30)52/h12,24-31,35H,1,13-23H2,2-11H3,(H,44,54)(H,45,53)(H2,46,47,56)/t25-,26?,27+,28-,29?,30?,31-,35+/m0/s1. The summed E-state index contributed by atoms with van der Waals surface area (Å²) in [5, 5.41) is 11.7. The number of likely N-dealkylation sites (tertiary alicyclic amines) is 1. The highest BCUT2D eigenvalue weighted by atomic mass is 16.2. The van der Waals surface area contributed by atoms with Crippen LogP contribution in [0.4, 0.5) is 4.79 Å². The predicted molar refractivity (Wildman–Crippen MR) is 213 cm³/mol. The van der Waals surface area contributed by atoms with E-state index in [1.54, 1.807) is 4.90 Å². The second-order valence-electron chi connectivity index (χ2n) is 20.6. The molecule has 5 fully saturated rings. The van der Waals surface area contributed by atoms with Gasteiger partial charge >= 0.3 is 6.03 Å². The molecule has 4 N–H and O–H groups in total. The number of hydrogen-bond acceptors (Lipinski definition) is 8. The summed E-state index contributed by atoms with van der Waals surface area (Å²) in [5.74, 6) is -3.28. The van der Waals surface area contributed by atoms with E-state index >= 15 is 0 Å². The van der Waals surface area contributed by atoms with E-state index in [1.165, 1.54) is 6.08 Å². The van der Waals surface area contributed by atoms with Gasteiger partial charge in [-0.2, -0.15) is 0 Å². The topological polar surface area (TPSA) is 174 Å². The van der Waals surface area contributed by atoms with Gasteiger partial charge in [0.05, 0.1) is 18.0 Å². The first-order chi connectivity index (χ1) is 25.9. The van der Waals surface area contributed by atoms with Crippen LogP contribution in [0.25, 0.3) is 0 Å². The minimum Gasteiger partial charge on any atom is -0.346 e. The molecule has 0 spiro atoms. The van der Waals surface area contributed by atoms with Gasteiger partial charge in [0.25, 0.3) is 5.91 Å². The van der Waals surface area contributed by atoms with Crippen molar-refractivity contribution in [3.8, 4) is 0 Å². The van der Waals surface area contributed by atoms with Gasteiger partial charge in [0, 0.05) is 25.7 Å². The van der Waals surface area contributed by atoms with Crippen LogP contribution < -0.4 is 21.3 Å². The molecule has 0 aromatic carbocycles. The molecule has 8 atom stereocenters. The number of likely N-dealkylation sites (N-methyl/N-ethyl adjacent to an activating group) is 1. The first-order valence-electron chi connectivity index (χ1n) is 20.8. The Morgan fingerprint density at radius 1 is 0.929 bits per heavy atom. The summed E-state index contributed by atoms with van der Waals surface area (Å²) < 4.78 is 0. The number of ketones is 3. The molecule has 1 heterocycles. The quantitative estimate of drug-likeness (QED) is 0.144. The maximum atomic E-state index is 15.0. The molecule has 3 unspecified atom stereocenters. The molecule has 1 saturated heterocycles. The molecule has 0 aromatic rings. The maximum Gasteiger partial charge on any atom is 0.315 e. The number of nitrogens with zero attached hydrogens (tertiary/aromatic N) is 2. The Hall–Kier alpha value is -3.61. The molecular weight excluding hydrogens is 713 g/mol. The second-order valence-corrected chi connectivity index (χ2v) is 20.6. The number of carbonyl (C=O) groups excluding carboxylic acids is 7. The molecule has 5 rings (SSSR count). The lowest BCUT2D eigenvalue weighted by Gasteiger charge is -2.47. The van der Waals surface area contributed by atoms with Crippen molar-refractivity contribution in [2.24, 2.45) is 45.3 Å². The molecule has 13 heteroatoms. The zero-order valence-electron chi connectivity index (χ0n) is 35.5. The third-order valence-electron chi connectivity index (χ3n) is 13.8. The average Bonchev–Trinajstić information content (AvgIpc) is 3.96. The van der Waals surface area contributed by atoms with E-state index in [1.807, 2.05) is 60.4 Å². The van der Waals surface area contributed by atoms with Crippen molar-refractivity contribution < 1.29 is 33.6 Å². The van der Waals surface area contributed by atoms with Crippen LogP contribution in [0.3, 0.4) is 0 Å². The highest BCUT2D eigenvalue weighted by Gasteiger charge is 2.70. The Morgan fingerprint density at radius 2 is 1.55 bits per heavy atom. The number of carbonyl (C=O) groups is 7. The summed E-state index contributed by atoms with van der Waals surface area (Å²) in [4.78, 5) is 98.5. The third-order valence-corrected chi connectivity index (χ3v) is 13.8. The molecule has 4 saturated carbocycles. The fraction of sp³-hybridized carbons (Fsp3) is 0.791. The normalized spacial score (nSPS) is 28.3. The van der Waals surface area contributed by atoms with Crippen LogP contribution in [0.15, 0.2) is 12.7 Å². The summed E-state index contributed by atoms with van der Waals surface area (Å²) >= 11 is 0. The number of hydrogen-bond donors (Lipinski definition) is 4. The van der Waals surface area contributed by atoms with Crippen LogP contribution in [0.1, 0.15) is 114 Å². The first-order valence-corrected chi connectivity index (χ1v) is 20.8. The highest BCUT2D eigenvalue weighted by Crippen LogP contribution is 2.65. The summed E-state index contributed by atoms with van der Waals surface area (Å²) in [5.41, 5.74) is -1.62. The minimum atomic E-state index is -1.01. The van der Waals surface area contributed by atoms with Crippen molar-refractivity contribution in [3.05, 3.63) is 12.7 Å². The van der Waals surface area contributed by atoms with E-state index in [2.05, 4.69) is 41.7 Å². The van der Waals surface area contributed by atoms with Crippen LogP contribution >= 0.6 is 0 Å². The van der Waals surface area contributed by atoms with Crippen LogP contribution in [-0.2, 0) is 28.8 Å². The number of nitrogens with one attached hydrogen (secondary N) is 4. The smallest absolute Gasteiger partial charge is 0.315 e. The van der Waals surface area contributed by atoms with Gasteiger partial charge in [-0.25, -0.2) is 4.79 Å². The van der Waals surface area contributed by atoms with Gasteiger partial charge in [0.2, 0.25) is 29.2 Å². The average molecular weight is 781 g/mol. The van der Waals surface area contributed by atoms with E-state index in [0.717, 1.165) is 44.9 Å². The van der Waals surface area contributed by atoms with Crippen molar-refractivity contribution in [1.82, 2.24) is 31.1 Å². The van der Waals surface area contributed by atoms with Crippen LogP contribution in [0.2, 0.25) is 0 Å². The molecule has 0 bridgehead atoms. The summed E-state index contributed by atoms with van der Waals surface area (Å²) in [7, 11) is 1.81. The Labute approximate surface area is 333 Å². The predicted octanol–water partition coefficient (Wildman–Crippen LogP) is 3.79. The minimum absolute atomic E-state index is 0.0724. The molecule has 4 aliphatic carbocycles. The maximum absolute atomic E-state index is 15.0. The molecule has 312 valence electrons. The molecule has 5 aliphatic rings. The van der Waals surface area contributed by atoms with Crippen molar-refractivity contribution in [2.75, 3.05) is 26.7 Å². The van der Waals surface area contributed by atoms with Gasteiger partial charge in [0.15, 0.2) is 0 Å². The number of urea groups is 1. The van der Waals surface area contributed by atoms with Gasteiger partial charge in [-0.1, -0.05) is 100 Å². The highest BCUT2D eigenvalue weighted by molar-refractivity contribution is 6.47. The fourth-order valence-electron chi connectivity index (χ4n) is 9.83. The Balaban J connectivity index is 1.37. The van der Waals surface area contributed by atoms with Gasteiger partial charge < -0.3 is 26.2 Å². The Morgan fingerprint density at radius 3 is 2.11 bits per heavy atom. The number of piperidine rings is 1. The first kappa shape index (κ1) is 43.5. The molecule has 0 radical (unpaired) electrons. The SMILES string of the molecule is C=CCNC(=O)C(=O)C(CC1CC1)NC(=O)[C@@H]1[C@@H]2[C@H](CN1C(=O)[C@@H](NC(=O)N[C@H](CN(C)C1C(=O)C(=O)C1C(C)(C)C)C(C)(C)C)C1(C)CCCCC1)C2(C)C. The van der Waals surface area contributed by atoms with Crippen molar-refractivity contribution in [2.45, 2.75) is 144 Å². The largest absolute Gasteiger partial charge is 0.346 e. The fourth-order valence-corrected chi connectivity index (χ4v) is 9.83. The van der Waals surface area contributed by atoms with E-state index in [0.29, 0.717) is 19.5 Å². The second kappa shape index (κ2) is 16.0. The number of fused-ring (bicyclic) bond motifs is 1. The molecule has 13 nitrogen and oxygen atoms in total. The number of amides is 5. The zero-order chi connectivity index (χ0) is 41.7. The molecule has 56 heavy (non-hydrogen) atoms. The lowest BCUT2D eigenvalue weighted by Crippen LogP contribution is -2.67. The Bertz CT molecular complexity index is 1600. The van der Waals surface area contributed by atoms with Gasteiger partial charge in [0.1, 0.15) is 12.1 Å². The third kappa shape index (κ3) is 8.92. The van der Waals surface area contributed by atoms with Crippen LogP contribution in [0, 0.1) is 45.3 Å². The molecule has 1 aliphatic heterocycles. The molecular formula is C43H68N6O7. The van der Waals surface area contributed by atoms with E-state index < -0.39 is 81.8 Å². The zero-order valence-corrected chi connectivity index (χ0v) is 35.5. The van der Waals surface area contributed by atoms with Crippen LogP contribution in [-0.4, -0.2) is 108 Å². The lowest BCUT2D eigenvalue weighted by atomic mass is 9.62. The van der Waals surface area contributed by atoms with Gasteiger partial charge in [-0.05, 0) is 65.7 Å². The van der Waals surface area contributed by atoms with Crippen molar-refractivity contribution in [1.29, 1.82) is 0 Å². The van der Waals surface area contributed by atoms with Gasteiger partial charge in [-0.3, -0.25) is 33.7 Å².